The van der Waals surface area contributed by atoms with Crippen LogP contribution in [0.1, 0.15) is 26.7 Å². The Morgan fingerprint density at radius 3 is 2.88 bits per heavy atom. The van der Waals surface area contributed by atoms with Gasteiger partial charge in [-0.15, -0.1) is 12.4 Å². The summed E-state index contributed by atoms with van der Waals surface area (Å²) in [5.74, 6) is 0.136. The van der Waals surface area contributed by atoms with E-state index in [1.165, 1.54) is 0 Å². The smallest absolute Gasteiger partial charge is 0.248 e. The van der Waals surface area contributed by atoms with Crippen LogP contribution in [0.15, 0.2) is 0 Å². The number of rotatable bonds is 5. The number of carbonyl (C=O) groups is 1. The second-order valence-electron chi connectivity index (χ2n) is 3.87. The van der Waals surface area contributed by atoms with Crippen LogP contribution in [0, 0.1) is 0 Å². The van der Waals surface area contributed by atoms with Gasteiger partial charge in [-0.2, -0.15) is 0 Å². The number of nitrogens with one attached hydrogen (secondary N) is 1. The molecule has 1 aliphatic rings. The predicted octanol–water partition coefficient (Wildman–Crippen LogP) is 1.05. The number of ether oxygens (including phenoxy) is 1. The van der Waals surface area contributed by atoms with Crippen molar-refractivity contribution in [1.82, 2.24) is 10.2 Å². The van der Waals surface area contributed by atoms with Crippen molar-refractivity contribution in [2.75, 3.05) is 32.8 Å². The third kappa shape index (κ3) is 4.68. The molecular weight excluding hydrogens is 228 g/mol. The molecule has 0 aromatic rings. The molecule has 5 heteroatoms. The normalized spacial score (nSPS) is 20.4. The van der Waals surface area contributed by atoms with Crippen LogP contribution >= 0.6 is 12.4 Å². The molecule has 1 unspecified atom stereocenters. The molecule has 16 heavy (non-hydrogen) atoms. The highest BCUT2D eigenvalue weighted by Gasteiger charge is 2.25. The van der Waals surface area contributed by atoms with Gasteiger partial charge in [-0.3, -0.25) is 4.79 Å². The lowest BCUT2D eigenvalue weighted by atomic mass is 10.1. The summed E-state index contributed by atoms with van der Waals surface area (Å²) in [4.78, 5) is 13.8. The second-order valence-corrected chi connectivity index (χ2v) is 3.87. The van der Waals surface area contributed by atoms with Gasteiger partial charge in [0.25, 0.3) is 0 Å². The Hall–Kier alpha value is -0.320. The topological polar surface area (TPSA) is 41.6 Å². The van der Waals surface area contributed by atoms with E-state index < -0.39 is 0 Å². The monoisotopic (exact) mass is 250 g/mol. The van der Waals surface area contributed by atoms with Crippen molar-refractivity contribution >= 4 is 18.3 Å². The van der Waals surface area contributed by atoms with Crippen molar-refractivity contribution in [3.63, 3.8) is 0 Å². The van der Waals surface area contributed by atoms with Gasteiger partial charge in [0.15, 0.2) is 0 Å². The van der Waals surface area contributed by atoms with E-state index in [-0.39, 0.29) is 24.9 Å². The first-order valence-electron chi connectivity index (χ1n) is 5.87. The Morgan fingerprint density at radius 2 is 2.25 bits per heavy atom. The molecule has 0 aliphatic carbocycles. The zero-order chi connectivity index (χ0) is 11.1. The van der Waals surface area contributed by atoms with E-state index in [0.717, 1.165) is 32.5 Å². The molecule has 1 amide bonds. The molecule has 1 fully saturated rings. The molecule has 0 radical (unpaired) electrons. The third-order valence-electron chi connectivity index (χ3n) is 2.72. The number of amides is 1. The van der Waals surface area contributed by atoms with E-state index in [9.17, 15) is 4.79 Å². The molecule has 0 aromatic heterocycles. The van der Waals surface area contributed by atoms with E-state index in [1.807, 2.05) is 11.8 Å². The van der Waals surface area contributed by atoms with Crippen LogP contribution in [0.5, 0.6) is 0 Å². The van der Waals surface area contributed by atoms with E-state index in [1.54, 1.807) is 0 Å². The molecule has 1 heterocycles. The quantitative estimate of drug-likeness (QED) is 0.793. The Kier molecular flexibility index (Phi) is 8.61. The minimum Gasteiger partial charge on any atom is -0.372 e. The Balaban J connectivity index is 0.00000225. The summed E-state index contributed by atoms with van der Waals surface area (Å²) in [5, 5.41) is 3.33. The first-order chi connectivity index (χ1) is 7.29. The van der Waals surface area contributed by atoms with Crippen LogP contribution < -0.4 is 5.32 Å². The van der Waals surface area contributed by atoms with Crippen molar-refractivity contribution in [3.8, 4) is 0 Å². The van der Waals surface area contributed by atoms with Crippen molar-refractivity contribution in [3.05, 3.63) is 0 Å². The minimum atomic E-state index is 0. The number of hydrogen-bond acceptors (Lipinski definition) is 3. The van der Waals surface area contributed by atoms with Gasteiger partial charge in [-0.05, 0) is 13.3 Å². The first-order valence-corrected chi connectivity index (χ1v) is 5.87. The van der Waals surface area contributed by atoms with E-state index in [0.29, 0.717) is 12.6 Å². The first kappa shape index (κ1) is 15.7. The average Bonchev–Trinajstić information content (AvgIpc) is 2.27. The summed E-state index contributed by atoms with van der Waals surface area (Å²) in [6.45, 7) is 7.54. The maximum atomic E-state index is 11.8. The summed E-state index contributed by atoms with van der Waals surface area (Å²) >= 11 is 0. The van der Waals surface area contributed by atoms with E-state index in [2.05, 4.69) is 12.2 Å². The highest BCUT2D eigenvalue weighted by molar-refractivity contribution is 5.85. The molecule has 0 aromatic carbocycles. The lowest BCUT2D eigenvalue weighted by Crippen LogP contribution is -2.54. The molecule has 1 saturated heterocycles. The molecule has 96 valence electrons. The molecule has 1 N–H and O–H groups in total. The zero-order valence-corrected chi connectivity index (χ0v) is 11.0. The molecule has 1 aliphatic heterocycles. The van der Waals surface area contributed by atoms with Crippen LogP contribution in [-0.4, -0.2) is 49.7 Å². The Morgan fingerprint density at radius 1 is 1.50 bits per heavy atom. The largest absolute Gasteiger partial charge is 0.372 e. The van der Waals surface area contributed by atoms with E-state index in [4.69, 9.17) is 4.74 Å². The third-order valence-corrected chi connectivity index (χ3v) is 2.72. The fourth-order valence-electron chi connectivity index (χ4n) is 1.95. The van der Waals surface area contributed by atoms with Crippen LogP contribution in [0.2, 0.25) is 0 Å². The number of carbonyl (C=O) groups excluding carboxylic acids is 1. The highest BCUT2D eigenvalue weighted by atomic mass is 35.5. The summed E-state index contributed by atoms with van der Waals surface area (Å²) in [6, 6.07) is 0.358. The lowest BCUT2D eigenvalue weighted by molar-refractivity contribution is -0.139. The van der Waals surface area contributed by atoms with Crippen molar-refractivity contribution in [2.45, 2.75) is 32.7 Å². The predicted molar refractivity (Wildman–Crippen MR) is 67.0 cm³/mol. The van der Waals surface area contributed by atoms with Gasteiger partial charge in [0, 0.05) is 32.3 Å². The summed E-state index contributed by atoms with van der Waals surface area (Å²) in [6.07, 6.45) is 2.19. The molecule has 4 nitrogen and oxygen atoms in total. The Bertz CT molecular complexity index is 200. The fourth-order valence-corrected chi connectivity index (χ4v) is 1.95. The van der Waals surface area contributed by atoms with Crippen molar-refractivity contribution in [2.24, 2.45) is 0 Å². The van der Waals surface area contributed by atoms with Gasteiger partial charge in [-0.1, -0.05) is 13.3 Å². The minimum absolute atomic E-state index is 0. The van der Waals surface area contributed by atoms with Gasteiger partial charge in [0.2, 0.25) is 5.91 Å². The fraction of sp³-hybridized carbons (Fsp3) is 0.909. The molecule has 1 rings (SSSR count). The van der Waals surface area contributed by atoms with Gasteiger partial charge in [-0.25, -0.2) is 0 Å². The average molecular weight is 251 g/mol. The van der Waals surface area contributed by atoms with Crippen LogP contribution in [0.25, 0.3) is 0 Å². The summed E-state index contributed by atoms with van der Waals surface area (Å²) in [5.41, 5.74) is 0. The molecule has 1 atom stereocenters. The SMILES string of the molecule is CCCC1CNCCN1C(=O)COCC.Cl. The van der Waals surface area contributed by atoms with Crippen LogP contribution in [-0.2, 0) is 9.53 Å². The lowest BCUT2D eigenvalue weighted by Gasteiger charge is -2.36. The number of piperazine rings is 1. The summed E-state index contributed by atoms with van der Waals surface area (Å²) < 4.78 is 5.16. The maximum absolute atomic E-state index is 11.8. The van der Waals surface area contributed by atoms with Gasteiger partial charge < -0.3 is 15.0 Å². The molecular formula is C11H23ClN2O2. The van der Waals surface area contributed by atoms with Crippen LogP contribution in [0.3, 0.4) is 0 Å². The zero-order valence-electron chi connectivity index (χ0n) is 10.2. The molecule has 0 bridgehead atoms. The van der Waals surface area contributed by atoms with Crippen LogP contribution in [0.4, 0.5) is 0 Å². The second kappa shape index (κ2) is 8.79. The maximum Gasteiger partial charge on any atom is 0.248 e. The number of nitrogens with zero attached hydrogens (tertiary/aromatic N) is 1. The van der Waals surface area contributed by atoms with E-state index >= 15 is 0 Å². The number of hydrogen-bond donors (Lipinski definition) is 1. The standard InChI is InChI=1S/C11H22N2O2.ClH/c1-3-5-10-8-12-6-7-13(10)11(14)9-15-4-2;/h10,12H,3-9H2,1-2H3;1H. The van der Waals surface area contributed by atoms with Gasteiger partial charge >= 0.3 is 0 Å². The van der Waals surface area contributed by atoms with Crippen molar-refractivity contribution < 1.29 is 9.53 Å². The van der Waals surface area contributed by atoms with Gasteiger partial charge in [0.1, 0.15) is 6.61 Å². The van der Waals surface area contributed by atoms with Gasteiger partial charge in [0.05, 0.1) is 0 Å². The van der Waals surface area contributed by atoms with Crippen molar-refractivity contribution in [1.29, 1.82) is 0 Å². The number of halogens is 1. The molecule has 0 saturated carbocycles. The highest BCUT2D eigenvalue weighted by Crippen LogP contribution is 2.09. The Labute approximate surface area is 104 Å². The molecule has 0 spiro atoms. The summed E-state index contributed by atoms with van der Waals surface area (Å²) in [7, 11) is 0.